The molecule has 0 aliphatic rings. The number of hydrogen-bond donors (Lipinski definition) is 3. The lowest BCUT2D eigenvalue weighted by atomic mass is 10.1. The fourth-order valence-corrected chi connectivity index (χ4v) is 2.34. The Morgan fingerprint density at radius 2 is 1.90 bits per heavy atom. The number of aliphatic carboxylic acids is 1. The molecule has 20 heavy (non-hydrogen) atoms. The second kappa shape index (κ2) is 6.21. The van der Waals surface area contributed by atoms with Crippen LogP contribution in [0.2, 0.25) is 0 Å². The summed E-state index contributed by atoms with van der Waals surface area (Å²) in [6.07, 6.45) is 0.158. The normalized spacial score (nSPS) is 11.8. The summed E-state index contributed by atoms with van der Waals surface area (Å²) in [5.41, 5.74) is 1.17. The lowest BCUT2D eigenvalue weighted by Crippen LogP contribution is -2.42. The fraction of sp³-hybridized carbons (Fsp3) is 0.143. The van der Waals surface area contributed by atoms with Crippen LogP contribution in [0.5, 0.6) is 5.75 Å². The van der Waals surface area contributed by atoms with Crippen molar-refractivity contribution in [3.05, 3.63) is 52.2 Å². The summed E-state index contributed by atoms with van der Waals surface area (Å²) in [4.78, 5) is 23.1. The number of thiophene rings is 1. The predicted molar refractivity (Wildman–Crippen MR) is 75.0 cm³/mol. The first-order valence-corrected chi connectivity index (χ1v) is 6.84. The molecule has 0 radical (unpaired) electrons. The van der Waals surface area contributed by atoms with Crippen molar-refractivity contribution in [1.29, 1.82) is 0 Å². The largest absolute Gasteiger partial charge is 0.508 e. The Kier molecular flexibility index (Phi) is 4.37. The van der Waals surface area contributed by atoms with Crippen LogP contribution in [-0.2, 0) is 11.2 Å². The van der Waals surface area contributed by atoms with Gasteiger partial charge in [-0.1, -0.05) is 12.1 Å². The standard InChI is InChI=1S/C14H13NO4S/c16-11-3-1-9(2-4-11)7-12(14(18)19)15-13(17)10-5-6-20-8-10/h1-6,8,12,16H,7H2,(H,15,17)(H,18,19)/t12-/m1/s1. The molecule has 5 nitrogen and oxygen atoms in total. The highest BCUT2D eigenvalue weighted by Crippen LogP contribution is 2.12. The Morgan fingerprint density at radius 1 is 1.20 bits per heavy atom. The quantitative estimate of drug-likeness (QED) is 0.785. The Balaban J connectivity index is 2.06. The van der Waals surface area contributed by atoms with Gasteiger partial charge in [-0.2, -0.15) is 11.3 Å². The molecule has 0 aliphatic heterocycles. The second-order valence-electron chi connectivity index (χ2n) is 4.25. The number of carbonyl (C=O) groups is 2. The summed E-state index contributed by atoms with van der Waals surface area (Å²) in [7, 11) is 0. The zero-order chi connectivity index (χ0) is 14.5. The molecule has 0 unspecified atom stereocenters. The van der Waals surface area contributed by atoms with E-state index in [1.54, 1.807) is 29.0 Å². The Bertz CT molecular complexity index is 592. The van der Waals surface area contributed by atoms with Crippen LogP contribution in [0.25, 0.3) is 0 Å². The molecule has 1 aromatic heterocycles. The van der Waals surface area contributed by atoms with Crippen LogP contribution in [0.15, 0.2) is 41.1 Å². The average Bonchev–Trinajstić information content (AvgIpc) is 2.94. The minimum Gasteiger partial charge on any atom is -0.508 e. The third kappa shape index (κ3) is 3.58. The van der Waals surface area contributed by atoms with Crippen LogP contribution >= 0.6 is 11.3 Å². The lowest BCUT2D eigenvalue weighted by Gasteiger charge is -2.14. The number of benzene rings is 1. The van der Waals surface area contributed by atoms with E-state index in [4.69, 9.17) is 0 Å². The molecular formula is C14H13NO4S. The number of carboxylic acids is 1. The minimum absolute atomic E-state index is 0.114. The van der Waals surface area contributed by atoms with Crippen LogP contribution in [0, 0.1) is 0 Å². The van der Waals surface area contributed by atoms with E-state index in [0.29, 0.717) is 5.56 Å². The summed E-state index contributed by atoms with van der Waals surface area (Å²) in [5.74, 6) is -1.39. The first-order chi connectivity index (χ1) is 9.56. The van der Waals surface area contributed by atoms with Crippen molar-refractivity contribution in [2.75, 3.05) is 0 Å². The smallest absolute Gasteiger partial charge is 0.326 e. The van der Waals surface area contributed by atoms with Crippen molar-refractivity contribution >= 4 is 23.2 Å². The van der Waals surface area contributed by atoms with Crippen molar-refractivity contribution in [3.8, 4) is 5.75 Å². The van der Waals surface area contributed by atoms with E-state index in [2.05, 4.69) is 5.32 Å². The van der Waals surface area contributed by atoms with Gasteiger partial charge in [0, 0.05) is 11.8 Å². The number of nitrogens with one attached hydrogen (secondary N) is 1. The highest BCUT2D eigenvalue weighted by molar-refractivity contribution is 7.08. The zero-order valence-electron chi connectivity index (χ0n) is 10.4. The van der Waals surface area contributed by atoms with Gasteiger partial charge in [-0.15, -0.1) is 0 Å². The Labute approximate surface area is 119 Å². The molecule has 0 fully saturated rings. The molecule has 0 bridgehead atoms. The van der Waals surface area contributed by atoms with E-state index in [0.717, 1.165) is 5.56 Å². The number of phenolic OH excluding ortho intramolecular Hbond substituents is 1. The number of carbonyl (C=O) groups excluding carboxylic acids is 1. The maximum atomic E-state index is 11.9. The number of carboxylic acid groups (broad SMARTS) is 1. The summed E-state index contributed by atoms with van der Waals surface area (Å²) < 4.78 is 0. The van der Waals surface area contributed by atoms with Gasteiger partial charge in [0.25, 0.3) is 5.91 Å². The van der Waals surface area contributed by atoms with Gasteiger partial charge >= 0.3 is 5.97 Å². The van der Waals surface area contributed by atoms with E-state index < -0.39 is 17.9 Å². The highest BCUT2D eigenvalue weighted by Gasteiger charge is 2.21. The molecule has 1 amide bonds. The van der Waals surface area contributed by atoms with Gasteiger partial charge in [-0.05, 0) is 29.1 Å². The number of hydrogen-bond acceptors (Lipinski definition) is 4. The summed E-state index contributed by atoms with van der Waals surface area (Å²) in [6, 6.07) is 6.85. The van der Waals surface area contributed by atoms with Gasteiger partial charge in [-0.25, -0.2) is 4.79 Å². The third-order valence-corrected chi connectivity index (χ3v) is 3.45. The molecule has 1 atom stereocenters. The molecule has 1 aromatic carbocycles. The van der Waals surface area contributed by atoms with Crippen LogP contribution < -0.4 is 5.32 Å². The molecule has 0 saturated carbocycles. The Morgan fingerprint density at radius 3 is 2.45 bits per heavy atom. The van der Waals surface area contributed by atoms with Gasteiger partial charge in [0.1, 0.15) is 11.8 Å². The topological polar surface area (TPSA) is 86.6 Å². The van der Waals surface area contributed by atoms with Crippen molar-refractivity contribution in [2.45, 2.75) is 12.5 Å². The fourth-order valence-electron chi connectivity index (χ4n) is 1.70. The minimum atomic E-state index is -1.10. The maximum Gasteiger partial charge on any atom is 0.326 e. The number of phenols is 1. The molecule has 104 valence electrons. The summed E-state index contributed by atoms with van der Waals surface area (Å²) in [6.45, 7) is 0. The molecule has 3 N–H and O–H groups in total. The van der Waals surface area contributed by atoms with Crippen LogP contribution in [0.3, 0.4) is 0 Å². The molecular weight excluding hydrogens is 278 g/mol. The molecule has 0 saturated heterocycles. The molecule has 0 spiro atoms. The Hall–Kier alpha value is -2.34. The van der Waals surface area contributed by atoms with Gasteiger partial charge in [0.2, 0.25) is 0 Å². The molecule has 6 heteroatoms. The SMILES string of the molecule is O=C(N[C@H](Cc1ccc(O)cc1)C(=O)O)c1ccsc1. The van der Waals surface area contributed by atoms with E-state index in [-0.39, 0.29) is 12.2 Å². The first-order valence-electron chi connectivity index (χ1n) is 5.90. The van der Waals surface area contributed by atoms with Gasteiger partial charge in [-0.3, -0.25) is 4.79 Å². The van der Waals surface area contributed by atoms with Crippen molar-refractivity contribution < 1.29 is 19.8 Å². The van der Waals surface area contributed by atoms with E-state index in [1.165, 1.54) is 23.5 Å². The van der Waals surface area contributed by atoms with Gasteiger partial charge < -0.3 is 15.5 Å². The lowest BCUT2D eigenvalue weighted by molar-refractivity contribution is -0.139. The number of rotatable bonds is 5. The molecule has 2 rings (SSSR count). The zero-order valence-corrected chi connectivity index (χ0v) is 11.3. The van der Waals surface area contributed by atoms with E-state index in [9.17, 15) is 19.8 Å². The highest BCUT2D eigenvalue weighted by atomic mass is 32.1. The molecule has 2 aromatic rings. The van der Waals surface area contributed by atoms with Gasteiger partial charge in [0.05, 0.1) is 5.56 Å². The second-order valence-corrected chi connectivity index (χ2v) is 5.03. The molecule has 0 aliphatic carbocycles. The van der Waals surface area contributed by atoms with Crippen molar-refractivity contribution in [2.24, 2.45) is 0 Å². The van der Waals surface area contributed by atoms with E-state index in [1.807, 2.05) is 0 Å². The summed E-state index contributed by atoms with van der Waals surface area (Å²) >= 11 is 1.37. The van der Waals surface area contributed by atoms with Gasteiger partial charge in [0.15, 0.2) is 0 Å². The number of amides is 1. The summed E-state index contributed by atoms with van der Waals surface area (Å²) in [5, 5.41) is 24.3. The van der Waals surface area contributed by atoms with E-state index >= 15 is 0 Å². The first kappa shape index (κ1) is 14.1. The monoisotopic (exact) mass is 291 g/mol. The molecule has 1 heterocycles. The third-order valence-electron chi connectivity index (χ3n) is 2.76. The average molecular weight is 291 g/mol. The van der Waals surface area contributed by atoms with Crippen LogP contribution in [-0.4, -0.2) is 28.1 Å². The van der Waals surface area contributed by atoms with Crippen LogP contribution in [0.4, 0.5) is 0 Å². The van der Waals surface area contributed by atoms with Crippen molar-refractivity contribution in [3.63, 3.8) is 0 Å². The van der Waals surface area contributed by atoms with Crippen molar-refractivity contribution in [1.82, 2.24) is 5.32 Å². The van der Waals surface area contributed by atoms with Crippen LogP contribution in [0.1, 0.15) is 15.9 Å². The number of aromatic hydroxyl groups is 1. The maximum absolute atomic E-state index is 11.9. The predicted octanol–water partition coefficient (Wildman–Crippen LogP) is 1.88.